The number of hydrogen-bond acceptors (Lipinski definition) is 3. The molecule has 0 aliphatic carbocycles. The second kappa shape index (κ2) is 4.82. The molecule has 0 fully saturated rings. The highest BCUT2D eigenvalue weighted by atomic mass is 16.4. The first-order valence-corrected chi connectivity index (χ1v) is 5.55. The fraction of sp³-hybridized carbons (Fsp3) is 0.231. The molecule has 1 N–H and O–H groups in total. The Morgan fingerprint density at radius 3 is 2.59 bits per heavy atom. The molecular formula is C13H15N3O. The minimum Gasteiger partial charge on any atom is -0.411 e. The van der Waals surface area contributed by atoms with Crippen molar-refractivity contribution in [2.75, 3.05) is 0 Å². The van der Waals surface area contributed by atoms with Crippen molar-refractivity contribution < 1.29 is 5.21 Å². The summed E-state index contributed by atoms with van der Waals surface area (Å²) in [5, 5.41) is 16.6. The zero-order valence-electron chi connectivity index (χ0n) is 9.91. The molecular weight excluding hydrogens is 214 g/mol. The number of hydrogen-bond donors (Lipinski definition) is 1. The summed E-state index contributed by atoms with van der Waals surface area (Å²) in [4.78, 5) is 0. The molecule has 1 aromatic heterocycles. The molecule has 0 saturated carbocycles. The molecule has 1 heterocycles. The summed E-state index contributed by atoms with van der Waals surface area (Å²) in [6.07, 6.45) is 3.58. The maximum Gasteiger partial charge on any atom is 0.0924 e. The Hall–Kier alpha value is -2.10. The van der Waals surface area contributed by atoms with Crippen molar-refractivity contribution in [2.45, 2.75) is 13.8 Å². The summed E-state index contributed by atoms with van der Waals surface area (Å²) < 4.78 is 1.77. The Morgan fingerprint density at radius 1 is 1.29 bits per heavy atom. The summed E-state index contributed by atoms with van der Waals surface area (Å²) in [6, 6.07) is 9.83. The molecule has 0 saturated heterocycles. The van der Waals surface area contributed by atoms with Gasteiger partial charge in [0, 0.05) is 11.8 Å². The Labute approximate surface area is 100 Å². The highest BCUT2D eigenvalue weighted by Gasteiger charge is 2.11. The van der Waals surface area contributed by atoms with E-state index in [1.165, 1.54) is 0 Å². The van der Waals surface area contributed by atoms with Gasteiger partial charge in [0.1, 0.15) is 0 Å². The quantitative estimate of drug-likeness (QED) is 0.500. The van der Waals surface area contributed by atoms with Gasteiger partial charge in [-0.2, -0.15) is 5.10 Å². The molecule has 1 aromatic carbocycles. The van der Waals surface area contributed by atoms with Gasteiger partial charge in [-0.1, -0.05) is 37.2 Å². The average molecular weight is 229 g/mol. The highest BCUT2D eigenvalue weighted by Crippen LogP contribution is 2.12. The second-order valence-electron chi connectivity index (χ2n) is 4.15. The van der Waals surface area contributed by atoms with E-state index in [0.29, 0.717) is 5.71 Å². The Kier molecular flexibility index (Phi) is 3.23. The van der Waals surface area contributed by atoms with Crippen LogP contribution in [0.1, 0.15) is 19.4 Å². The van der Waals surface area contributed by atoms with E-state index in [0.717, 1.165) is 11.3 Å². The van der Waals surface area contributed by atoms with Gasteiger partial charge in [-0.25, -0.2) is 4.68 Å². The zero-order chi connectivity index (χ0) is 12.3. The maximum atomic E-state index is 8.98. The summed E-state index contributed by atoms with van der Waals surface area (Å²) in [6.45, 7) is 3.96. The number of oxime groups is 1. The summed E-state index contributed by atoms with van der Waals surface area (Å²) in [7, 11) is 0. The molecule has 88 valence electrons. The van der Waals surface area contributed by atoms with Crippen LogP contribution in [-0.4, -0.2) is 20.7 Å². The Morgan fingerprint density at radius 2 is 2.00 bits per heavy atom. The fourth-order valence-electron chi connectivity index (χ4n) is 1.68. The average Bonchev–Trinajstić information content (AvgIpc) is 2.80. The van der Waals surface area contributed by atoms with E-state index in [9.17, 15) is 0 Å². The van der Waals surface area contributed by atoms with Gasteiger partial charge < -0.3 is 5.21 Å². The lowest BCUT2D eigenvalue weighted by Gasteiger charge is -2.04. The van der Waals surface area contributed by atoms with Gasteiger partial charge in [-0.3, -0.25) is 0 Å². The molecule has 0 spiro atoms. The first-order chi connectivity index (χ1) is 8.22. The third-order valence-corrected chi connectivity index (χ3v) is 2.55. The van der Waals surface area contributed by atoms with Gasteiger partial charge in [0.2, 0.25) is 0 Å². The van der Waals surface area contributed by atoms with Crippen molar-refractivity contribution in [3.05, 3.63) is 48.3 Å². The highest BCUT2D eigenvalue weighted by molar-refractivity contribution is 6.01. The van der Waals surface area contributed by atoms with Crippen molar-refractivity contribution in [3.8, 4) is 5.69 Å². The van der Waals surface area contributed by atoms with Crippen molar-refractivity contribution in [3.63, 3.8) is 0 Å². The Bertz CT molecular complexity index is 514. The largest absolute Gasteiger partial charge is 0.411 e. The molecule has 4 heteroatoms. The van der Waals surface area contributed by atoms with Crippen LogP contribution in [0.4, 0.5) is 0 Å². The van der Waals surface area contributed by atoms with E-state index in [4.69, 9.17) is 5.21 Å². The van der Waals surface area contributed by atoms with Crippen LogP contribution < -0.4 is 0 Å². The van der Waals surface area contributed by atoms with Crippen LogP contribution in [0.15, 0.2) is 47.9 Å². The molecule has 0 bridgehead atoms. The summed E-state index contributed by atoms with van der Waals surface area (Å²) in [5.41, 5.74) is 2.47. The number of rotatable bonds is 3. The van der Waals surface area contributed by atoms with Crippen LogP contribution in [0.2, 0.25) is 0 Å². The number of benzene rings is 1. The van der Waals surface area contributed by atoms with E-state index in [1.807, 2.05) is 50.4 Å². The molecule has 0 radical (unpaired) electrons. The van der Waals surface area contributed by atoms with E-state index < -0.39 is 0 Å². The molecule has 17 heavy (non-hydrogen) atoms. The normalized spacial score (nSPS) is 12.1. The number of para-hydroxylation sites is 1. The molecule has 2 aromatic rings. The maximum absolute atomic E-state index is 8.98. The molecule has 2 rings (SSSR count). The third-order valence-electron chi connectivity index (χ3n) is 2.55. The van der Waals surface area contributed by atoms with Crippen molar-refractivity contribution in [1.82, 2.24) is 9.78 Å². The lowest BCUT2D eigenvalue weighted by Crippen LogP contribution is -2.08. The molecule has 0 unspecified atom stereocenters. The second-order valence-corrected chi connectivity index (χ2v) is 4.15. The molecule has 4 nitrogen and oxygen atoms in total. The van der Waals surface area contributed by atoms with Gasteiger partial charge in [0.15, 0.2) is 0 Å². The van der Waals surface area contributed by atoms with Crippen molar-refractivity contribution >= 4 is 5.71 Å². The predicted molar refractivity (Wildman–Crippen MR) is 66.7 cm³/mol. The number of nitrogens with zero attached hydrogens (tertiary/aromatic N) is 3. The van der Waals surface area contributed by atoms with Crippen LogP contribution in [-0.2, 0) is 0 Å². The van der Waals surface area contributed by atoms with Gasteiger partial charge in [0.05, 0.1) is 17.6 Å². The smallest absolute Gasteiger partial charge is 0.0924 e. The van der Waals surface area contributed by atoms with E-state index in [-0.39, 0.29) is 5.92 Å². The van der Waals surface area contributed by atoms with Crippen LogP contribution >= 0.6 is 0 Å². The van der Waals surface area contributed by atoms with Gasteiger partial charge in [-0.15, -0.1) is 0 Å². The lowest BCUT2D eigenvalue weighted by atomic mass is 10.0. The minimum absolute atomic E-state index is 0.161. The van der Waals surface area contributed by atoms with Crippen molar-refractivity contribution in [2.24, 2.45) is 11.1 Å². The molecule has 0 amide bonds. The SMILES string of the molecule is CC(C)C(=NO)c1cnn(-c2ccccc2)c1. The topological polar surface area (TPSA) is 50.4 Å². The van der Waals surface area contributed by atoms with Crippen LogP contribution in [0.25, 0.3) is 5.69 Å². The third kappa shape index (κ3) is 2.36. The monoisotopic (exact) mass is 229 g/mol. The molecule has 0 aliphatic heterocycles. The number of aromatic nitrogens is 2. The van der Waals surface area contributed by atoms with E-state index in [1.54, 1.807) is 10.9 Å². The first kappa shape index (κ1) is 11.4. The van der Waals surface area contributed by atoms with Gasteiger partial charge >= 0.3 is 0 Å². The van der Waals surface area contributed by atoms with Crippen molar-refractivity contribution in [1.29, 1.82) is 0 Å². The van der Waals surface area contributed by atoms with E-state index in [2.05, 4.69) is 10.3 Å². The fourth-order valence-corrected chi connectivity index (χ4v) is 1.68. The standard InChI is InChI=1S/C13H15N3O/c1-10(2)13(15-17)11-8-14-16(9-11)12-6-4-3-5-7-12/h3-10,17H,1-2H3. The van der Waals surface area contributed by atoms with Gasteiger partial charge in [0.25, 0.3) is 0 Å². The van der Waals surface area contributed by atoms with E-state index >= 15 is 0 Å². The van der Waals surface area contributed by atoms with Gasteiger partial charge in [-0.05, 0) is 18.1 Å². The minimum atomic E-state index is 0.161. The molecule has 0 atom stereocenters. The van der Waals surface area contributed by atoms with Crippen LogP contribution in [0, 0.1) is 5.92 Å². The summed E-state index contributed by atoms with van der Waals surface area (Å²) >= 11 is 0. The van der Waals surface area contributed by atoms with Crippen LogP contribution in [0.3, 0.4) is 0 Å². The Balaban J connectivity index is 2.34. The lowest BCUT2D eigenvalue weighted by molar-refractivity contribution is 0.316. The summed E-state index contributed by atoms with van der Waals surface area (Å²) in [5.74, 6) is 0.161. The van der Waals surface area contributed by atoms with Crippen LogP contribution in [0.5, 0.6) is 0 Å². The first-order valence-electron chi connectivity index (χ1n) is 5.55. The molecule has 0 aliphatic rings. The predicted octanol–water partition coefficient (Wildman–Crippen LogP) is 2.71. The zero-order valence-corrected chi connectivity index (χ0v) is 9.91.